The fourth-order valence-electron chi connectivity index (χ4n) is 0.905. The smallest absolute Gasteiger partial charge is 0.321 e. The largest absolute Gasteiger partial charge is 0.480 e. The molecule has 0 fully saturated rings. The molecule has 0 aliphatic carbocycles. The van der Waals surface area contributed by atoms with Crippen LogP contribution in [0.2, 0.25) is 4.34 Å². The van der Waals surface area contributed by atoms with Gasteiger partial charge in [-0.1, -0.05) is 11.6 Å². The number of carboxylic acids is 1. The number of carbonyl (C=O) groups is 1. The van der Waals surface area contributed by atoms with E-state index in [9.17, 15) is 13.2 Å². The van der Waals surface area contributed by atoms with Crippen LogP contribution in [0.4, 0.5) is 0 Å². The number of hydrogen-bond acceptors (Lipinski definition) is 4. The summed E-state index contributed by atoms with van der Waals surface area (Å²) in [4.78, 5) is 10.5. The molecule has 1 atom stereocenters. The van der Waals surface area contributed by atoms with Crippen LogP contribution in [0.3, 0.4) is 0 Å². The summed E-state index contributed by atoms with van der Waals surface area (Å²) >= 11 is 6.64. The molecule has 1 rings (SSSR count). The minimum Gasteiger partial charge on any atom is -0.480 e. The zero-order valence-electron chi connectivity index (χ0n) is 8.52. The van der Waals surface area contributed by atoms with E-state index in [-0.39, 0.29) is 4.21 Å². The van der Waals surface area contributed by atoms with Crippen LogP contribution in [0.15, 0.2) is 10.3 Å². The minimum absolute atomic E-state index is 0.0168. The first-order valence-corrected chi connectivity index (χ1v) is 6.93. The van der Waals surface area contributed by atoms with Gasteiger partial charge < -0.3 is 5.11 Å². The van der Waals surface area contributed by atoms with E-state index in [1.54, 1.807) is 6.92 Å². The third-order valence-corrected chi connectivity index (χ3v) is 5.37. The summed E-state index contributed by atoms with van der Waals surface area (Å²) in [5.74, 6) is -1.23. The van der Waals surface area contributed by atoms with Gasteiger partial charge in [-0.3, -0.25) is 4.79 Å². The third kappa shape index (κ3) is 2.94. The highest BCUT2D eigenvalue weighted by atomic mass is 35.5. The van der Waals surface area contributed by atoms with Gasteiger partial charge in [0.15, 0.2) is 0 Å². The molecule has 5 nitrogen and oxygen atoms in total. The second kappa shape index (κ2) is 4.70. The van der Waals surface area contributed by atoms with Crippen molar-refractivity contribution in [2.75, 3.05) is 0 Å². The van der Waals surface area contributed by atoms with Gasteiger partial charge >= 0.3 is 5.97 Å². The molecule has 90 valence electrons. The maximum absolute atomic E-state index is 11.7. The Kier molecular flexibility index (Phi) is 3.95. The Labute approximate surface area is 102 Å². The third-order valence-electron chi connectivity index (χ3n) is 1.80. The molecule has 8 heteroatoms. The molecular weight excluding hydrogens is 274 g/mol. The van der Waals surface area contributed by atoms with Gasteiger partial charge in [0.25, 0.3) is 10.0 Å². The maximum atomic E-state index is 11.7. The molecule has 1 aromatic rings. The maximum Gasteiger partial charge on any atom is 0.321 e. The van der Waals surface area contributed by atoms with Gasteiger partial charge in [-0.25, -0.2) is 8.42 Å². The fraction of sp³-hybridized carbons (Fsp3) is 0.375. The van der Waals surface area contributed by atoms with Crippen LogP contribution in [0, 0.1) is 6.92 Å². The number of rotatable bonds is 4. The highest BCUT2D eigenvalue weighted by molar-refractivity contribution is 7.91. The summed E-state index contributed by atoms with van der Waals surface area (Å²) in [6, 6.07) is 0.232. The van der Waals surface area contributed by atoms with E-state index in [1.807, 2.05) is 4.72 Å². The Morgan fingerprint density at radius 2 is 2.19 bits per heavy atom. The standard InChI is InChI=1S/C8H10ClNO4S2/c1-4-3-6(15-7(4)9)16(13,14)10-5(2)8(11)12/h3,5,10H,1-2H3,(H,11,12)/t5-/m1/s1. The lowest BCUT2D eigenvalue weighted by Gasteiger charge is -2.07. The molecule has 0 bridgehead atoms. The first-order chi connectivity index (χ1) is 7.24. The fourth-order valence-corrected chi connectivity index (χ4v) is 3.83. The topological polar surface area (TPSA) is 83.5 Å². The average molecular weight is 284 g/mol. The Balaban J connectivity index is 2.99. The number of thiophene rings is 1. The first kappa shape index (κ1) is 13.4. The van der Waals surface area contributed by atoms with Crippen molar-refractivity contribution < 1.29 is 18.3 Å². The Bertz CT molecular complexity index is 489. The molecule has 0 saturated heterocycles. The average Bonchev–Trinajstić information content (AvgIpc) is 2.47. The molecule has 2 N–H and O–H groups in total. The number of hydrogen-bond donors (Lipinski definition) is 2. The van der Waals surface area contributed by atoms with Crippen molar-refractivity contribution in [1.82, 2.24) is 4.72 Å². The summed E-state index contributed by atoms with van der Waals surface area (Å²) in [6.07, 6.45) is 0. The second-order valence-corrected chi connectivity index (χ2v) is 6.80. The summed E-state index contributed by atoms with van der Waals surface area (Å²) < 4.78 is 25.8. The van der Waals surface area contributed by atoms with Crippen LogP contribution in [0.1, 0.15) is 12.5 Å². The monoisotopic (exact) mass is 283 g/mol. The number of aliphatic carboxylic acids is 1. The molecular formula is C8H10ClNO4S2. The van der Waals surface area contributed by atoms with Crippen molar-refractivity contribution in [3.8, 4) is 0 Å². The van der Waals surface area contributed by atoms with Crippen LogP contribution < -0.4 is 4.72 Å². The first-order valence-electron chi connectivity index (χ1n) is 4.25. The number of nitrogens with one attached hydrogen (secondary N) is 1. The van der Waals surface area contributed by atoms with E-state index < -0.39 is 22.0 Å². The molecule has 16 heavy (non-hydrogen) atoms. The highest BCUT2D eigenvalue weighted by Crippen LogP contribution is 2.29. The molecule has 0 saturated carbocycles. The van der Waals surface area contributed by atoms with Gasteiger partial charge in [0, 0.05) is 0 Å². The summed E-state index contributed by atoms with van der Waals surface area (Å²) in [7, 11) is -3.80. The van der Waals surface area contributed by atoms with Gasteiger partial charge in [-0.05, 0) is 25.5 Å². The Morgan fingerprint density at radius 1 is 1.62 bits per heavy atom. The molecule has 0 amide bonds. The lowest BCUT2D eigenvalue weighted by atomic mass is 10.4. The Hall–Kier alpha value is -0.630. The predicted molar refractivity (Wildman–Crippen MR) is 61.5 cm³/mol. The minimum atomic E-state index is -3.80. The van der Waals surface area contributed by atoms with Crippen molar-refractivity contribution in [3.63, 3.8) is 0 Å². The zero-order chi connectivity index (χ0) is 12.5. The van der Waals surface area contributed by atoms with Crippen LogP contribution >= 0.6 is 22.9 Å². The predicted octanol–water partition coefficient (Wildman–Crippen LogP) is 1.46. The van der Waals surface area contributed by atoms with Crippen LogP contribution in [0.25, 0.3) is 0 Å². The van der Waals surface area contributed by atoms with Crippen molar-refractivity contribution in [2.24, 2.45) is 0 Å². The molecule has 1 aromatic heterocycles. The van der Waals surface area contributed by atoms with Crippen molar-refractivity contribution in [3.05, 3.63) is 16.0 Å². The summed E-state index contributed by atoms with van der Waals surface area (Å²) in [5.41, 5.74) is 0.648. The van der Waals surface area contributed by atoms with Gasteiger partial charge in [0.2, 0.25) is 0 Å². The molecule has 0 spiro atoms. The number of aryl methyl sites for hydroxylation is 1. The van der Waals surface area contributed by atoms with Gasteiger partial charge in [-0.2, -0.15) is 4.72 Å². The van der Waals surface area contributed by atoms with Crippen LogP contribution in [0.5, 0.6) is 0 Å². The van der Waals surface area contributed by atoms with Crippen molar-refractivity contribution in [2.45, 2.75) is 24.1 Å². The SMILES string of the molecule is Cc1cc(S(=O)(=O)N[C@H](C)C(=O)O)sc1Cl. The van der Waals surface area contributed by atoms with Gasteiger partial charge in [0.1, 0.15) is 10.3 Å². The Morgan fingerprint density at radius 3 is 2.56 bits per heavy atom. The normalized spacial score (nSPS) is 13.7. The second-order valence-electron chi connectivity index (χ2n) is 3.20. The number of halogens is 1. The molecule has 1 heterocycles. The number of sulfonamides is 1. The van der Waals surface area contributed by atoms with Crippen LogP contribution in [-0.2, 0) is 14.8 Å². The lowest BCUT2D eigenvalue weighted by molar-refractivity contribution is -0.138. The quantitative estimate of drug-likeness (QED) is 0.876. The van der Waals surface area contributed by atoms with E-state index in [1.165, 1.54) is 13.0 Å². The molecule has 0 aliphatic rings. The van der Waals surface area contributed by atoms with E-state index in [0.717, 1.165) is 11.3 Å². The van der Waals surface area contributed by atoms with Gasteiger partial charge in [0.05, 0.1) is 4.34 Å². The molecule has 0 aromatic carbocycles. The zero-order valence-corrected chi connectivity index (χ0v) is 10.9. The van der Waals surface area contributed by atoms with E-state index in [2.05, 4.69) is 0 Å². The van der Waals surface area contributed by atoms with E-state index >= 15 is 0 Å². The van der Waals surface area contributed by atoms with E-state index in [0.29, 0.717) is 9.90 Å². The van der Waals surface area contributed by atoms with E-state index in [4.69, 9.17) is 16.7 Å². The number of carboxylic acid groups (broad SMARTS) is 1. The summed E-state index contributed by atoms with van der Waals surface area (Å²) in [6.45, 7) is 2.93. The van der Waals surface area contributed by atoms with Crippen molar-refractivity contribution >= 4 is 38.9 Å². The summed E-state index contributed by atoms with van der Waals surface area (Å²) in [5, 5.41) is 8.60. The van der Waals surface area contributed by atoms with Crippen LogP contribution in [-0.4, -0.2) is 25.5 Å². The molecule has 0 radical (unpaired) electrons. The molecule has 0 unspecified atom stereocenters. The lowest BCUT2D eigenvalue weighted by Crippen LogP contribution is -2.37. The molecule has 0 aliphatic heterocycles. The van der Waals surface area contributed by atoms with Crippen molar-refractivity contribution in [1.29, 1.82) is 0 Å². The highest BCUT2D eigenvalue weighted by Gasteiger charge is 2.23. The van der Waals surface area contributed by atoms with Gasteiger partial charge in [-0.15, -0.1) is 11.3 Å².